The molecule has 0 saturated carbocycles. The van der Waals surface area contributed by atoms with Gasteiger partial charge in [0.05, 0.1) is 12.5 Å². The minimum absolute atomic E-state index is 0.0191. The van der Waals surface area contributed by atoms with E-state index in [4.69, 9.17) is 16.7 Å². The van der Waals surface area contributed by atoms with Crippen LogP contribution in [-0.2, 0) is 6.42 Å². The van der Waals surface area contributed by atoms with Gasteiger partial charge in [-0.1, -0.05) is 0 Å². The molecular formula is C9H8N6S2. The van der Waals surface area contributed by atoms with Gasteiger partial charge in [0.2, 0.25) is 5.13 Å². The molecule has 6 nitrogen and oxygen atoms in total. The standard InChI is InChI=1S/C9H8N6S2/c10-2-1-7-13-5(3-16-7)6-4-17-9(14-6)15-8(11)12/h3-4H,1H2,(H4,11,12,14,15). The lowest BCUT2D eigenvalue weighted by Gasteiger charge is -1.88. The molecule has 0 aliphatic heterocycles. The van der Waals surface area contributed by atoms with Gasteiger partial charge in [-0.05, 0) is 0 Å². The second kappa shape index (κ2) is 4.90. The van der Waals surface area contributed by atoms with Crippen LogP contribution in [0, 0.1) is 11.3 Å². The number of nitriles is 1. The maximum atomic E-state index is 8.56. The molecule has 8 heteroatoms. The van der Waals surface area contributed by atoms with E-state index in [0.29, 0.717) is 11.6 Å². The number of guanidine groups is 1. The van der Waals surface area contributed by atoms with Gasteiger partial charge in [-0.3, -0.25) is 0 Å². The van der Waals surface area contributed by atoms with Crippen molar-refractivity contribution in [2.24, 2.45) is 16.5 Å². The quantitative estimate of drug-likeness (QED) is 0.639. The van der Waals surface area contributed by atoms with Crippen LogP contribution in [0.3, 0.4) is 0 Å². The van der Waals surface area contributed by atoms with Gasteiger partial charge in [0.1, 0.15) is 16.4 Å². The largest absolute Gasteiger partial charge is 0.370 e. The van der Waals surface area contributed by atoms with Crippen molar-refractivity contribution in [2.45, 2.75) is 6.42 Å². The number of nitrogens with zero attached hydrogens (tertiary/aromatic N) is 4. The smallest absolute Gasteiger partial charge is 0.212 e. The fourth-order valence-electron chi connectivity index (χ4n) is 1.12. The number of aromatic nitrogens is 2. The summed E-state index contributed by atoms with van der Waals surface area (Å²) in [6.45, 7) is 0. The van der Waals surface area contributed by atoms with Gasteiger partial charge in [-0.25, -0.2) is 9.97 Å². The first-order chi connectivity index (χ1) is 8.19. The van der Waals surface area contributed by atoms with Gasteiger partial charge < -0.3 is 11.5 Å². The van der Waals surface area contributed by atoms with Crippen LogP contribution in [0.15, 0.2) is 15.8 Å². The fraction of sp³-hybridized carbons (Fsp3) is 0.111. The first-order valence-electron chi connectivity index (χ1n) is 4.56. The predicted molar refractivity (Wildman–Crippen MR) is 68.0 cm³/mol. The molecule has 17 heavy (non-hydrogen) atoms. The third-order valence-electron chi connectivity index (χ3n) is 1.76. The molecule has 2 heterocycles. The molecule has 0 spiro atoms. The lowest BCUT2D eigenvalue weighted by molar-refractivity contribution is 1.18. The summed E-state index contributed by atoms with van der Waals surface area (Å²) in [7, 11) is 0. The van der Waals surface area contributed by atoms with Gasteiger partial charge in [0, 0.05) is 10.8 Å². The summed E-state index contributed by atoms with van der Waals surface area (Å²) in [5, 5.41) is 13.5. The predicted octanol–water partition coefficient (Wildman–Crippen LogP) is 1.24. The van der Waals surface area contributed by atoms with E-state index in [2.05, 4.69) is 21.0 Å². The van der Waals surface area contributed by atoms with Crippen molar-refractivity contribution < 1.29 is 0 Å². The Kier molecular flexibility index (Phi) is 3.32. The molecule has 0 atom stereocenters. The number of thiazole rings is 2. The van der Waals surface area contributed by atoms with Crippen molar-refractivity contribution in [3.8, 4) is 17.5 Å². The first kappa shape index (κ1) is 11.5. The highest BCUT2D eigenvalue weighted by molar-refractivity contribution is 7.13. The van der Waals surface area contributed by atoms with Gasteiger partial charge >= 0.3 is 0 Å². The number of aliphatic imine (C=N–C) groups is 1. The molecule has 2 aromatic rings. The molecule has 4 N–H and O–H groups in total. The topological polar surface area (TPSA) is 114 Å². The zero-order chi connectivity index (χ0) is 12.3. The van der Waals surface area contributed by atoms with Crippen LogP contribution in [0.5, 0.6) is 0 Å². The number of hydrogen-bond donors (Lipinski definition) is 2. The molecule has 0 unspecified atom stereocenters. The monoisotopic (exact) mass is 264 g/mol. The Morgan fingerprint density at radius 1 is 1.29 bits per heavy atom. The summed E-state index contributed by atoms with van der Waals surface area (Å²) in [5.74, 6) is -0.0191. The van der Waals surface area contributed by atoms with Crippen molar-refractivity contribution in [1.29, 1.82) is 5.26 Å². The molecule has 0 aliphatic rings. The third kappa shape index (κ3) is 2.77. The van der Waals surface area contributed by atoms with E-state index >= 15 is 0 Å². The Morgan fingerprint density at radius 2 is 2.00 bits per heavy atom. The van der Waals surface area contributed by atoms with Crippen LogP contribution >= 0.6 is 22.7 Å². The molecule has 0 radical (unpaired) electrons. The van der Waals surface area contributed by atoms with Crippen molar-refractivity contribution in [3.05, 3.63) is 15.8 Å². The molecule has 2 rings (SSSR count). The van der Waals surface area contributed by atoms with Crippen molar-refractivity contribution >= 4 is 33.8 Å². The van der Waals surface area contributed by atoms with Crippen molar-refractivity contribution in [1.82, 2.24) is 9.97 Å². The van der Waals surface area contributed by atoms with E-state index in [1.165, 1.54) is 22.7 Å². The zero-order valence-corrected chi connectivity index (χ0v) is 10.3. The highest BCUT2D eigenvalue weighted by Gasteiger charge is 2.08. The Hall–Kier alpha value is -1.98. The van der Waals surface area contributed by atoms with E-state index in [-0.39, 0.29) is 5.96 Å². The maximum absolute atomic E-state index is 8.56. The van der Waals surface area contributed by atoms with Crippen molar-refractivity contribution in [2.75, 3.05) is 0 Å². The highest BCUT2D eigenvalue weighted by atomic mass is 32.1. The second-order valence-corrected chi connectivity index (χ2v) is 4.79. The average molecular weight is 264 g/mol. The normalized spacial score (nSPS) is 9.82. The summed E-state index contributed by atoms with van der Waals surface area (Å²) in [6, 6.07) is 2.06. The Morgan fingerprint density at radius 3 is 2.71 bits per heavy atom. The molecule has 0 aliphatic carbocycles. The summed E-state index contributed by atoms with van der Waals surface area (Å²) in [4.78, 5) is 12.4. The third-order valence-corrected chi connectivity index (χ3v) is 3.34. The highest BCUT2D eigenvalue weighted by Crippen LogP contribution is 2.27. The summed E-state index contributed by atoms with van der Waals surface area (Å²) in [5.41, 5.74) is 12.0. The summed E-state index contributed by atoms with van der Waals surface area (Å²) in [6.07, 6.45) is 0.315. The summed E-state index contributed by atoms with van der Waals surface area (Å²) >= 11 is 2.77. The zero-order valence-electron chi connectivity index (χ0n) is 8.62. The van der Waals surface area contributed by atoms with Gasteiger partial charge in [0.15, 0.2) is 5.96 Å². The molecule has 0 bridgehead atoms. The SMILES string of the molecule is N#CCc1nc(-c2csc(N=C(N)N)n2)cs1. The Balaban J connectivity index is 2.25. The average Bonchev–Trinajstić information content (AvgIpc) is 2.86. The number of nitrogens with two attached hydrogens (primary N) is 2. The lowest BCUT2D eigenvalue weighted by Crippen LogP contribution is -2.21. The van der Waals surface area contributed by atoms with Crippen LogP contribution in [0.1, 0.15) is 5.01 Å². The molecule has 0 fully saturated rings. The minimum Gasteiger partial charge on any atom is -0.370 e. The van der Waals surface area contributed by atoms with Crippen LogP contribution in [0.25, 0.3) is 11.4 Å². The van der Waals surface area contributed by atoms with Crippen LogP contribution in [0.4, 0.5) is 5.13 Å². The molecule has 0 aromatic carbocycles. The maximum Gasteiger partial charge on any atom is 0.212 e. The van der Waals surface area contributed by atoms with Gasteiger partial charge in [0.25, 0.3) is 0 Å². The fourth-order valence-corrected chi connectivity index (χ4v) is 2.54. The molecule has 0 saturated heterocycles. The summed E-state index contributed by atoms with van der Waals surface area (Å²) < 4.78 is 0. The minimum atomic E-state index is -0.0191. The van der Waals surface area contributed by atoms with Crippen LogP contribution in [0.2, 0.25) is 0 Å². The van der Waals surface area contributed by atoms with E-state index in [1.54, 1.807) is 0 Å². The molecule has 86 valence electrons. The second-order valence-electron chi connectivity index (χ2n) is 3.01. The van der Waals surface area contributed by atoms with Crippen LogP contribution < -0.4 is 11.5 Å². The number of hydrogen-bond acceptors (Lipinski definition) is 6. The van der Waals surface area contributed by atoms with Crippen LogP contribution in [-0.4, -0.2) is 15.9 Å². The Bertz CT molecular complexity index is 587. The lowest BCUT2D eigenvalue weighted by atomic mass is 10.4. The number of rotatable bonds is 3. The van der Waals surface area contributed by atoms with Gasteiger partial charge in [-0.15, -0.1) is 22.7 Å². The molecular weight excluding hydrogens is 256 g/mol. The molecule has 2 aromatic heterocycles. The van der Waals surface area contributed by atoms with E-state index in [1.807, 2.05) is 10.8 Å². The first-order valence-corrected chi connectivity index (χ1v) is 6.32. The van der Waals surface area contributed by atoms with E-state index in [9.17, 15) is 0 Å². The van der Waals surface area contributed by atoms with Crippen molar-refractivity contribution in [3.63, 3.8) is 0 Å². The van der Waals surface area contributed by atoms with Gasteiger partial charge in [-0.2, -0.15) is 10.3 Å². The van der Waals surface area contributed by atoms with E-state index < -0.39 is 0 Å². The Labute approximate surface area is 105 Å². The molecule has 0 amide bonds. The van der Waals surface area contributed by atoms with E-state index in [0.717, 1.165) is 16.4 Å².